The number of aliphatic hydroxyl groups is 1. The molecule has 0 spiro atoms. The number of hydrogen-bond donors (Lipinski definition) is 1. The van der Waals surface area contributed by atoms with Gasteiger partial charge in [0.25, 0.3) is 0 Å². The van der Waals surface area contributed by atoms with E-state index in [1.165, 1.54) is 49.7 Å². The molecule has 1 nitrogen and oxygen atoms in total. The van der Waals surface area contributed by atoms with Crippen LogP contribution in [0.5, 0.6) is 0 Å². The maximum absolute atomic E-state index is 9.91. The molecule has 0 saturated heterocycles. The molecule has 0 amide bonds. The van der Waals surface area contributed by atoms with Gasteiger partial charge in [-0.05, 0) is 61.7 Å². The molecule has 1 N–H and O–H groups in total. The van der Waals surface area contributed by atoms with Crippen molar-refractivity contribution in [3.63, 3.8) is 0 Å². The van der Waals surface area contributed by atoms with Crippen molar-refractivity contribution in [2.24, 2.45) is 28.6 Å². The minimum Gasteiger partial charge on any atom is -0.385 e. The monoisotopic (exact) mass is 284 g/mol. The summed E-state index contributed by atoms with van der Waals surface area (Å²) in [5, 5.41) is 9.91. The molecule has 0 bridgehead atoms. The molecule has 1 heteroatoms. The van der Waals surface area contributed by atoms with Crippen LogP contribution in [0.15, 0.2) is 36.0 Å². The second-order valence-corrected chi connectivity index (χ2v) is 8.34. The Hall–Kier alpha value is -0.820. The zero-order valence-electron chi connectivity index (χ0n) is 13.4. The van der Waals surface area contributed by atoms with Crippen molar-refractivity contribution in [1.29, 1.82) is 0 Å². The molecule has 6 atom stereocenters. The van der Waals surface area contributed by atoms with Crippen LogP contribution >= 0.6 is 0 Å². The van der Waals surface area contributed by atoms with Gasteiger partial charge in [0.15, 0.2) is 0 Å². The van der Waals surface area contributed by atoms with Gasteiger partial charge in [-0.2, -0.15) is 0 Å². The summed E-state index contributed by atoms with van der Waals surface area (Å²) in [6.45, 7) is 9.30. The third-order valence-electron chi connectivity index (χ3n) is 7.61. The van der Waals surface area contributed by atoms with Gasteiger partial charge in [0.05, 0.1) is 6.10 Å². The van der Waals surface area contributed by atoms with Gasteiger partial charge in [-0.25, -0.2) is 0 Å². The van der Waals surface area contributed by atoms with Crippen LogP contribution in [-0.4, -0.2) is 11.2 Å². The Bertz CT molecular complexity index is 542. The highest BCUT2D eigenvalue weighted by molar-refractivity contribution is 5.34. The Morgan fingerprint density at radius 3 is 2.76 bits per heavy atom. The van der Waals surface area contributed by atoms with Gasteiger partial charge in [0.2, 0.25) is 0 Å². The molecule has 0 unspecified atom stereocenters. The molecule has 3 saturated carbocycles. The second-order valence-electron chi connectivity index (χ2n) is 8.34. The van der Waals surface area contributed by atoms with Gasteiger partial charge in [-0.15, -0.1) is 0 Å². The maximum atomic E-state index is 9.91. The lowest BCUT2D eigenvalue weighted by Gasteiger charge is -2.56. The predicted octanol–water partition coefficient (Wildman–Crippen LogP) is 4.64. The van der Waals surface area contributed by atoms with Crippen molar-refractivity contribution >= 4 is 0 Å². The van der Waals surface area contributed by atoms with Crippen molar-refractivity contribution < 1.29 is 5.11 Å². The van der Waals surface area contributed by atoms with Gasteiger partial charge in [0.1, 0.15) is 0 Å². The molecule has 0 aromatic rings. The van der Waals surface area contributed by atoms with Crippen LogP contribution in [0.2, 0.25) is 0 Å². The molecule has 0 aromatic carbocycles. The van der Waals surface area contributed by atoms with Crippen molar-refractivity contribution in [2.45, 2.75) is 58.5 Å². The third-order valence-corrected chi connectivity index (χ3v) is 7.61. The second kappa shape index (κ2) is 4.35. The van der Waals surface area contributed by atoms with Crippen molar-refractivity contribution in [3.05, 3.63) is 36.0 Å². The van der Waals surface area contributed by atoms with E-state index in [1.807, 2.05) is 6.08 Å². The number of hydrogen-bond acceptors (Lipinski definition) is 1. The molecule has 3 fully saturated rings. The summed E-state index contributed by atoms with van der Waals surface area (Å²) < 4.78 is 0. The lowest BCUT2D eigenvalue weighted by molar-refractivity contribution is -0.00345. The summed E-state index contributed by atoms with van der Waals surface area (Å²) in [6.07, 6.45) is 13.8. The standard InChI is InChI=1S/C20H28O/c1-13-4-7-17-16-6-5-14-12-15(21)8-10-20(14,3)18(16)9-11-19(13,17)2/h8,10,12,15-18,21H,1,4-7,9,11H2,2-3H3/t15-,16-,17-,18-,19+,20-/m0/s1. The number of rotatable bonds is 0. The van der Waals surface area contributed by atoms with Crippen LogP contribution in [0.4, 0.5) is 0 Å². The zero-order valence-corrected chi connectivity index (χ0v) is 13.4. The Balaban J connectivity index is 1.70. The quantitative estimate of drug-likeness (QED) is 0.642. The molecule has 4 aliphatic rings. The maximum Gasteiger partial charge on any atom is 0.0905 e. The van der Waals surface area contributed by atoms with Crippen LogP contribution in [0.1, 0.15) is 52.4 Å². The predicted molar refractivity (Wildman–Crippen MR) is 86.8 cm³/mol. The van der Waals surface area contributed by atoms with E-state index >= 15 is 0 Å². The van der Waals surface area contributed by atoms with Crippen LogP contribution in [0, 0.1) is 28.6 Å². The molecular formula is C20H28O. The van der Waals surface area contributed by atoms with Crippen LogP contribution in [0.3, 0.4) is 0 Å². The van der Waals surface area contributed by atoms with Gasteiger partial charge in [0, 0.05) is 5.41 Å². The normalized spacial score (nSPS) is 52.0. The number of allylic oxidation sites excluding steroid dienone is 3. The first-order valence-electron chi connectivity index (χ1n) is 8.72. The number of fused-ring (bicyclic) bond motifs is 5. The van der Waals surface area contributed by atoms with E-state index in [1.54, 1.807) is 0 Å². The molecule has 0 heterocycles. The molecule has 0 radical (unpaired) electrons. The minimum atomic E-state index is -0.357. The van der Waals surface area contributed by atoms with Gasteiger partial charge >= 0.3 is 0 Å². The fraction of sp³-hybridized carbons (Fsp3) is 0.700. The Morgan fingerprint density at radius 2 is 1.95 bits per heavy atom. The van der Waals surface area contributed by atoms with Crippen molar-refractivity contribution in [1.82, 2.24) is 0 Å². The molecule has 4 aliphatic carbocycles. The summed E-state index contributed by atoms with van der Waals surface area (Å²) in [5.74, 6) is 2.47. The van der Waals surface area contributed by atoms with Crippen LogP contribution < -0.4 is 0 Å². The first-order valence-corrected chi connectivity index (χ1v) is 8.72. The van der Waals surface area contributed by atoms with Gasteiger partial charge < -0.3 is 5.11 Å². The van der Waals surface area contributed by atoms with E-state index in [4.69, 9.17) is 0 Å². The molecule has 114 valence electrons. The molecule has 0 aliphatic heterocycles. The summed E-state index contributed by atoms with van der Waals surface area (Å²) in [7, 11) is 0. The average molecular weight is 284 g/mol. The molecular weight excluding hydrogens is 256 g/mol. The van der Waals surface area contributed by atoms with E-state index in [-0.39, 0.29) is 11.5 Å². The molecule has 0 aromatic heterocycles. The lowest BCUT2D eigenvalue weighted by Crippen LogP contribution is -2.48. The third kappa shape index (κ3) is 1.73. The molecule has 21 heavy (non-hydrogen) atoms. The smallest absolute Gasteiger partial charge is 0.0905 e. The minimum absolute atomic E-state index is 0.202. The largest absolute Gasteiger partial charge is 0.385 e. The SMILES string of the molecule is C=C1CC[C@H]2[C@@H]3CCC4=C[C@@H](O)C=C[C@]4(C)[C@H]3CC[C@]12C. The van der Waals surface area contributed by atoms with E-state index < -0.39 is 0 Å². The van der Waals surface area contributed by atoms with E-state index in [0.29, 0.717) is 5.41 Å². The van der Waals surface area contributed by atoms with Crippen molar-refractivity contribution in [2.75, 3.05) is 0 Å². The average Bonchev–Trinajstić information content (AvgIpc) is 2.76. The fourth-order valence-corrected chi connectivity index (χ4v) is 6.22. The summed E-state index contributed by atoms with van der Waals surface area (Å²) in [6, 6.07) is 0. The van der Waals surface area contributed by atoms with E-state index in [2.05, 4.69) is 32.6 Å². The van der Waals surface area contributed by atoms with Gasteiger partial charge in [-0.1, -0.05) is 49.8 Å². The van der Waals surface area contributed by atoms with Crippen LogP contribution in [0.25, 0.3) is 0 Å². The summed E-state index contributed by atoms with van der Waals surface area (Å²) in [5.41, 5.74) is 3.63. The zero-order chi connectivity index (χ0) is 14.8. The highest BCUT2D eigenvalue weighted by Crippen LogP contribution is 2.65. The first kappa shape index (κ1) is 13.8. The highest BCUT2D eigenvalue weighted by Gasteiger charge is 2.56. The summed E-state index contributed by atoms with van der Waals surface area (Å²) >= 11 is 0. The van der Waals surface area contributed by atoms with E-state index in [0.717, 1.165) is 17.8 Å². The van der Waals surface area contributed by atoms with E-state index in [9.17, 15) is 5.11 Å². The lowest BCUT2D eigenvalue weighted by atomic mass is 9.48. The fourth-order valence-electron chi connectivity index (χ4n) is 6.22. The topological polar surface area (TPSA) is 20.2 Å². The Labute approximate surface area is 128 Å². The first-order chi connectivity index (χ1) is 9.95. The summed E-state index contributed by atoms with van der Waals surface area (Å²) in [4.78, 5) is 0. The Kier molecular flexibility index (Phi) is 2.86. The highest BCUT2D eigenvalue weighted by atomic mass is 16.3. The Morgan fingerprint density at radius 1 is 1.14 bits per heavy atom. The molecule has 4 rings (SSSR count). The number of aliphatic hydroxyl groups excluding tert-OH is 1. The van der Waals surface area contributed by atoms with Crippen LogP contribution in [-0.2, 0) is 0 Å². The van der Waals surface area contributed by atoms with Gasteiger partial charge in [-0.3, -0.25) is 0 Å². The van der Waals surface area contributed by atoms with Crippen molar-refractivity contribution in [3.8, 4) is 0 Å².